The van der Waals surface area contributed by atoms with Gasteiger partial charge >= 0.3 is 257 Å². The molecule has 1 aliphatic carbocycles. The zero-order valence-corrected chi connectivity index (χ0v) is 30.1. The van der Waals surface area contributed by atoms with Crippen LogP contribution < -0.4 is 282 Å². The quantitative estimate of drug-likeness (QED) is 0.340. The van der Waals surface area contributed by atoms with E-state index in [0.717, 1.165) is 0 Å². The van der Waals surface area contributed by atoms with Gasteiger partial charge in [-0.3, -0.25) is 0 Å². The maximum absolute atomic E-state index is 10.8. The molecule has 15 heteroatoms. The van der Waals surface area contributed by atoms with Gasteiger partial charge in [0.15, 0.2) is 0 Å². The van der Waals surface area contributed by atoms with Gasteiger partial charge in [0.1, 0.15) is 0 Å². The number of aliphatic carboxylic acids is 5. The number of carbonyl (C=O) groups is 5. The third kappa shape index (κ3) is 10.8. The Hall–Kier alpha value is 5.53. The molecular formula is C10H5K5O10. The van der Waals surface area contributed by atoms with Crippen LogP contribution in [-0.4, -0.2) is 29.8 Å². The maximum Gasteiger partial charge on any atom is 1.00 e. The number of carboxylic acids is 5. The number of carboxylic acid groups (broad SMARTS) is 5. The SMILES string of the molecule is O=C([O-])C1C(C(=O)[O-])C(C(=O)[O-])C(C(=O)[O-])C1C(=O)[O-].[K+].[K+].[K+].[K+].[K+]. The fourth-order valence-corrected chi connectivity index (χ4v) is 2.58. The van der Waals surface area contributed by atoms with E-state index in [0.29, 0.717) is 0 Å². The molecule has 1 aliphatic rings. The van der Waals surface area contributed by atoms with Crippen molar-refractivity contribution in [2.45, 2.75) is 0 Å². The fraction of sp³-hybridized carbons (Fsp3) is 0.500. The largest absolute Gasteiger partial charge is 1.00 e. The molecule has 0 atom stereocenters. The van der Waals surface area contributed by atoms with Crippen LogP contribution in [-0.2, 0) is 24.0 Å². The summed E-state index contributed by atoms with van der Waals surface area (Å²) in [4.78, 5) is 54.2. The van der Waals surface area contributed by atoms with Crippen LogP contribution in [0.4, 0.5) is 0 Å². The van der Waals surface area contributed by atoms with Crippen LogP contribution in [0.5, 0.6) is 0 Å². The molecule has 0 aromatic heterocycles. The second-order valence-corrected chi connectivity index (χ2v) is 4.22. The molecule has 0 bridgehead atoms. The van der Waals surface area contributed by atoms with E-state index in [1.54, 1.807) is 0 Å². The standard InChI is InChI=1S/C10H10O10.5K/c11-6(12)1-2(7(13)14)4(9(17)18)5(10(19)20)3(1)8(15)16;;;;;/h1-5H,(H,11,12)(H,13,14)(H,15,16)(H,17,18)(H,19,20);;;;;/q;5*+1/p-5. The third-order valence-corrected chi connectivity index (χ3v) is 3.30. The maximum atomic E-state index is 10.8. The minimum Gasteiger partial charge on any atom is -0.550 e. The Balaban J connectivity index is -0.000000267. The van der Waals surface area contributed by atoms with Gasteiger partial charge in [-0.25, -0.2) is 0 Å². The van der Waals surface area contributed by atoms with Crippen molar-refractivity contribution in [1.82, 2.24) is 0 Å². The summed E-state index contributed by atoms with van der Waals surface area (Å²) >= 11 is 0. The first-order valence-corrected chi connectivity index (χ1v) is 5.15. The molecule has 25 heavy (non-hydrogen) atoms. The molecule has 0 heterocycles. The van der Waals surface area contributed by atoms with Crippen LogP contribution in [0.15, 0.2) is 0 Å². The molecule has 10 nitrogen and oxygen atoms in total. The number of carbonyl (C=O) groups excluding carboxylic acids is 5. The molecule has 1 fully saturated rings. The van der Waals surface area contributed by atoms with E-state index in [4.69, 9.17) is 0 Å². The van der Waals surface area contributed by atoms with Crippen LogP contribution in [0.25, 0.3) is 0 Å². The first kappa shape index (κ1) is 40.8. The summed E-state index contributed by atoms with van der Waals surface area (Å²) in [5.41, 5.74) is 0. The van der Waals surface area contributed by atoms with Gasteiger partial charge in [-0.05, 0) is 0 Å². The van der Waals surface area contributed by atoms with Crippen molar-refractivity contribution in [3.63, 3.8) is 0 Å². The summed E-state index contributed by atoms with van der Waals surface area (Å²) < 4.78 is 0. The Labute approximate surface area is 354 Å². The van der Waals surface area contributed by atoms with Crippen molar-refractivity contribution < 1.29 is 306 Å². The zero-order chi connectivity index (χ0) is 15.8. The Morgan fingerprint density at radius 2 is 0.440 bits per heavy atom. The first-order chi connectivity index (χ1) is 9.11. The molecule has 110 valence electrons. The molecule has 1 saturated carbocycles. The summed E-state index contributed by atoms with van der Waals surface area (Å²) in [5, 5.41) is 54.2. The molecular weight excluding hydrogens is 476 g/mol. The van der Waals surface area contributed by atoms with E-state index in [9.17, 15) is 49.5 Å². The Bertz CT molecular complexity index is 398. The molecule has 0 saturated heterocycles. The summed E-state index contributed by atoms with van der Waals surface area (Å²) in [6, 6.07) is 0. The van der Waals surface area contributed by atoms with E-state index >= 15 is 0 Å². The van der Waals surface area contributed by atoms with Crippen LogP contribution in [0.3, 0.4) is 0 Å². The van der Waals surface area contributed by atoms with Gasteiger partial charge in [0.05, 0.1) is 0 Å². The van der Waals surface area contributed by atoms with Crippen molar-refractivity contribution in [1.29, 1.82) is 0 Å². The molecule has 0 aromatic rings. The normalized spacial score (nSPS) is 26.0. The van der Waals surface area contributed by atoms with Gasteiger partial charge in [-0.2, -0.15) is 0 Å². The second-order valence-electron chi connectivity index (χ2n) is 4.22. The molecule has 0 N–H and O–H groups in total. The summed E-state index contributed by atoms with van der Waals surface area (Å²) in [6.07, 6.45) is 0. The van der Waals surface area contributed by atoms with Crippen LogP contribution in [0.2, 0.25) is 0 Å². The third-order valence-electron chi connectivity index (χ3n) is 3.30. The predicted molar refractivity (Wildman–Crippen MR) is 42.5 cm³/mol. The van der Waals surface area contributed by atoms with E-state index in [1.165, 1.54) is 0 Å². The number of hydrogen-bond acceptors (Lipinski definition) is 10. The Morgan fingerprint density at radius 1 is 0.360 bits per heavy atom. The minimum atomic E-state index is -2.45. The summed E-state index contributed by atoms with van der Waals surface area (Å²) in [5.74, 6) is -23.5. The molecule has 0 radical (unpaired) electrons. The minimum absolute atomic E-state index is 0. The van der Waals surface area contributed by atoms with Crippen molar-refractivity contribution in [3.8, 4) is 0 Å². The van der Waals surface area contributed by atoms with E-state index in [-0.39, 0.29) is 257 Å². The predicted octanol–water partition coefficient (Wildman–Crippen LogP) is -23.1. The van der Waals surface area contributed by atoms with E-state index in [2.05, 4.69) is 0 Å². The fourth-order valence-electron chi connectivity index (χ4n) is 2.58. The summed E-state index contributed by atoms with van der Waals surface area (Å²) in [6.45, 7) is 0. The smallest absolute Gasteiger partial charge is 0.550 e. The van der Waals surface area contributed by atoms with Crippen LogP contribution in [0, 0.1) is 29.6 Å². The van der Waals surface area contributed by atoms with E-state index < -0.39 is 59.4 Å². The van der Waals surface area contributed by atoms with Crippen LogP contribution >= 0.6 is 0 Å². The number of hydrogen-bond donors (Lipinski definition) is 0. The molecule has 0 amide bonds. The van der Waals surface area contributed by atoms with Crippen molar-refractivity contribution >= 4 is 29.8 Å². The van der Waals surface area contributed by atoms with Crippen molar-refractivity contribution in [2.75, 3.05) is 0 Å². The van der Waals surface area contributed by atoms with Gasteiger partial charge in [0.25, 0.3) is 0 Å². The van der Waals surface area contributed by atoms with Crippen molar-refractivity contribution in [3.05, 3.63) is 0 Å². The molecule has 0 spiro atoms. The molecule has 1 rings (SSSR count). The monoisotopic (exact) mass is 480 g/mol. The first-order valence-electron chi connectivity index (χ1n) is 5.15. The van der Waals surface area contributed by atoms with Crippen LogP contribution in [0.1, 0.15) is 0 Å². The van der Waals surface area contributed by atoms with Gasteiger partial charge in [-0.15, -0.1) is 0 Å². The number of rotatable bonds is 5. The van der Waals surface area contributed by atoms with Gasteiger partial charge in [-0.1, -0.05) is 0 Å². The average Bonchev–Trinajstić information content (AvgIpc) is 2.64. The zero-order valence-electron chi connectivity index (χ0n) is 14.5. The second kappa shape index (κ2) is 19.0. The van der Waals surface area contributed by atoms with Crippen molar-refractivity contribution in [2.24, 2.45) is 29.6 Å². The topological polar surface area (TPSA) is 201 Å². The molecule has 0 aromatic carbocycles. The average molecular weight is 481 g/mol. The molecule has 0 aliphatic heterocycles. The molecule has 0 unspecified atom stereocenters. The Kier molecular flexibility index (Phi) is 31.1. The van der Waals surface area contributed by atoms with Gasteiger partial charge < -0.3 is 49.5 Å². The van der Waals surface area contributed by atoms with Gasteiger partial charge in [0.2, 0.25) is 0 Å². The summed E-state index contributed by atoms with van der Waals surface area (Å²) in [7, 11) is 0. The van der Waals surface area contributed by atoms with E-state index in [1.807, 2.05) is 0 Å². The Morgan fingerprint density at radius 3 is 0.480 bits per heavy atom. The van der Waals surface area contributed by atoms with Gasteiger partial charge in [0, 0.05) is 59.4 Å².